The van der Waals surface area contributed by atoms with Gasteiger partial charge >= 0.3 is 0 Å². The molecule has 1 N–H and O–H groups in total. The first-order chi connectivity index (χ1) is 16.6. The molecule has 0 unspecified atom stereocenters. The fourth-order valence-corrected chi connectivity index (χ4v) is 4.54. The van der Waals surface area contributed by atoms with Crippen LogP contribution in [0.25, 0.3) is 20.8 Å². The van der Waals surface area contributed by atoms with Crippen LogP contribution in [0, 0.1) is 0 Å². The van der Waals surface area contributed by atoms with Gasteiger partial charge in [-0.1, -0.05) is 36.4 Å². The Balaban J connectivity index is 1.47. The van der Waals surface area contributed by atoms with Crippen LogP contribution in [0.5, 0.6) is 17.2 Å². The molecule has 0 saturated carbocycles. The SMILES string of the molecule is CCOc1cc(C(=O)NCc2ccc(-c3nc4ccccc4s3)cc2)cc(OCC)c1OCC. The van der Waals surface area contributed by atoms with Crippen molar-refractivity contribution in [1.29, 1.82) is 0 Å². The number of rotatable bonds is 10. The Bertz CT molecular complexity index is 1210. The highest BCUT2D eigenvalue weighted by molar-refractivity contribution is 7.21. The summed E-state index contributed by atoms with van der Waals surface area (Å²) in [5.74, 6) is 1.31. The molecule has 0 atom stereocenters. The van der Waals surface area contributed by atoms with E-state index < -0.39 is 0 Å². The van der Waals surface area contributed by atoms with Crippen LogP contribution in [0.4, 0.5) is 0 Å². The molecule has 1 aromatic heterocycles. The average Bonchev–Trinajstić information content (AvgIpc) is 3.29. The van der Waals surface area contributed by atoms with Crippen molar-refractivity contribution in [3.8, 4) is 27.8 Å². The smallest absolute Gasteiger partial charge is 0.251 e. The van der Waals surface area contributed by atoms with E-state index in [0.29, 0.717) is 49.2 Å². The first-order valence-corrected chi connectivity index (χ1v) is 12.2. The Labute approximate surface area is 203 Å². The lowest BCUT2D eigenvalue weighted by atomic mass is 10.1. The predicted molar refractivity (Wildman–Crippen MR) is 136 cm³/mol. The zero-order valence-corrected chi connectivity index (χ0v) is 20.4. The van der Waals surface area contributed by atoms with Gasteiger partial charge in [-0.25, -0.2) is 4.98 Å². The number of carbonyl (C=O) groups excluding carboxylic acids is 1. The summed E-state index contributed by atoms with van der Waals surface area (Å²) in [6.45, 7) is 7.46. The van der Waals surface area contributed by atoms with Crippen molar-refractivity contribution < 1.29 is 19.0 Å². The molecule has 0 fully saturated rings. The number of thiazole rings is 1. The van der Waals surface area contributed by atoms with Gasteiger partial charge in [-0.3, -0.25) is 4.79 Å². The number of nitrogens with one attached hydrogen (secondary N) is 1. The summed E-state index contributed by atoms with van der Waals surface area (Å²) in [6.07, 6.45) is 0. The van der Waals surface area contributed by atoms with E-state index >= 15 is 0 Å². The Morgan fingerprint density at radius 2 is 1.53 bits per heavy atom. The maximum absolute atomic E-state index is 12.9. The topological polar surface area (TPSA) is 69.7 Å². The lowest BCUT2D eigenvalue weighted by Gasteiger charge is -2.17. The monoisotopic (exact) mass is 476 g/mol. The first kappa shape index (κ1) is 23.6. The highest BCUT2D eigenvalue weighted by atomic mass is 32.1. The fourth-order valence-electron chi connectivity index (χ4n) is 3.57. The molecule has 0 aliphatic heterocycles. The van der Waals surface area contributed by atoms with Crippen LogP contribution in [0.2, 0.25) is 0 Å². The highest BCUT2D eigenvalue weighted by Gasteiger charge is 2.18. The number of hydrogen-bond donors (Lipinski definition) is 1. The van der Waals surface area contributed by atoms with Gasteiger partial charge in [0.2, 0.25) is 5.75 Å². The summed E-state index contributed by atoms with van der Waals surface area (Å²) >= 11 is 1.67. The average molecular weight is 477 g/mol. The van der Waals surface area contributed by atoms with Gasteiger partial charge in [0.25, 0.3) is 5.91 Å². The highest BCUT2D eigenvalue weighted by Crippen LogP contribution is 2.39. The standard InChI is InChI=1S/C27H28N2O4S/c1-4-31-22-15-20(16-23(32-5-2)25(22)33-6-3)26(30)28-17-18-11-13-19(14-12-18)27-29-21-9-7-8-10-24(21)34-27/h7-16H,4-6,17H2,1-3H3,(H,28,30). The molecule has 4 aromatic rings. The van der Waals surface area contributed by atoms with Crippen molar-refractivity contribution in [2.45, 2.75) is 27.3 Å². The van der Waals surface area contributed by atoms with Gasteiger partial charge in [0.05, 0.1) is 30.0 Å². The van der Waals surface area contributed by atoms with E-state index in [4.69, 9.17) is 19.2 Å². The fraction of sp³-hybridized carbons (Fsp3) is 0.259. The van der Waals surface area contributed by atoms with Crippen molar-refractivity contribution in [2.75, 3.05) is 19.8 Å². The number of ether oxygens (including phenoxy) is 3. The van der Waals surface area contributed by atoms with Gasteiger partial charge in [0.15, 0.2) is 11.5 Å². The van der Waals surface area contributed by atoms with Crippen LogP contribution < -0.4 is 19.5 Å². The van der Waals surface area contributed by atoms with Crippen LogP contribution in [0.1, 0.15) is 36.7 Å². The predicted octanol–water partition coefficient (Wildman–Crippen LogP) is 6.09. The molecule has 176 valence electrons. The molecule has 1 amide bonds. The van der Waals surface area contributed by atoms with E-state index in [0.717, 1.165) is 21.7 Å². The molecule has 1 heterocycles. The van der Waals surface area contributed by atoms with Crippen molar-refractivity contribution in [1.82, 2.24) is 10.3 Å². The maximum atomic E-state index is 12.9. The largest absolute Gasteiger partial charge is 0.490 e. The molecule has 0 aliphatic rings. The van der Waals surface area contributed by atoms with Crippen molar-refractivity contribution in [3.63, 3.8) is 0 Å². The minimum absolute atomic E-state index is 0.208. The lowest BCUT2D eigenvalue weighted by Crippen LogP contribution is -2.23. The summed E-state index contributed by atoms with van der Waals surface area (Å²) in [4.78, 5) is 17.6. The molecule has 4 rings (SSSR count). The van der Waals surface area contributed by atoms with Gasteiger partial charge in [-0.05, 0) is 50.6 Å². The lowest BCUT2D eigenvalue weighted by molar-refractivity contribution is 0.0949. The molecular weight excluding hydrogens is 448 g/mol. The minimum atomic E-state index is -0.208. The Morgan fingerprint density at radius 3 is 2.15 bits per heavy atom. The number of benzene rings is 3. The van der Waals surface area contributed by atoms with Gasteiger partial charge in [0, 0.05) is 17.7 Å². The van der Waals surface area contributed by atoms with Crippen molar-refractivity contribution in [3.05, 3.63) is 71.8 Å². The molecule has 6 nitrogen and oxygen atoms in total. The third-order valence-electron chi connectivity index (χ3n) is 5.12. The van der Waals surface area contributed by atoms with Crippen molar-refractivity contribution >= 4 is 27.5 Å². The van der Waals surface area contributed by atoms with Crippen LogP contribution in [-0.4, -0.2) is 30.7 Å². The van der Waals surface area contributed by atoms with E-state index in [9.17, 15) is 4.79 Å². The number of aromatic nitrogens is 1. The molecule has 3 aromatic carbocycles. The maximum Gasteiger partial charge on any atom is 0.251 e. The summed E-state index contributed by atoms with van der Waals surface area (Å²) in [5.41, 5.74) is 3.53. The van der Waals surface area contributed by atoms with Gasteiger partial charge in [0.1, 0.15) is 5.01 Å². The molecule has 0 bridgehead atoms. The van der Waals surface area contributed by atoms with Crippen molar-refractivity contribution in [2.24, 2.45) is 0 Å². The van der Waals surface area contributed by atoms with E-state index in [2.05, 4.69) is 11.4 Å². The zero-order valence-electron chi connectivity index (χ0n) is 19.6. The third kappa shape index (κ3) is 5.31. The summed E-state index contributed by atoms with van der Waals surface area (Å²) in [7, 11) is 0. The third-order valence-corrected chi connectivity index (χ3v) is 6.20. The Hall–Kier alpha value is -3.58. The van der Waals surface area contributed by atoms with E-state index in [1.165, 1.54) is 4.70 Å². The second-order valence-corrected chi connectivity index (χ2v) is 8.50. The molecule has 7 heteroatoms. The van der Waals surface area contributed by atoms with E-state index in [1.807, 2.05) is 63.2 Å². The Kier molecular flexibility index (Phi) is 7.65. The molecule has 34 heavy (non-hydrogen) atoms. The van der Waals surface area contributed by atoms with Crippen LogP contribution >= 0.6 is 11.3 Å². The molecular formula is C27H28N2O4S. The van der Waals surface area contributed by atoms with E-state index in [1.54, 1.807) is 23.5 Å². The Morgan fingerprint density at radius 1 is 0.882 bits per heavy atom. The number of amides is 1. The number of nitrogens with zero attached hydrogens (tertiary/aromatic N) is 1. The molecule has 0 aliphatic carbocycles. The van der Waals surface area contributed by atoms with Gasteiger partial charge in [-0.2, -0.15) is 0 Å². The summed E-state index contributed by atoms with van der Waals surface area (Å²) in [5, 5.41) is 3.97. The molecule has 0 saturated heterocycles. The quantitative estimate of drug-likeness (QED) is 0.300. The number of para-hydroxylation sites is 1. The summed E-state index contributed by atoms with van der Waals surface area (Å²) < 4.78 is 18.3. The normalized spacial score (nSPS) is 10.8. The van der Waals surface area contributed by atoms with Gasteiger partial charge < -0.3 is 19.5 Å². The second-order valence-electron chi connectivity index (χ2n) is 7.47. The second kappa shape index (κ2) is 11.0. The number of carbonyl (C=O) groups is 1. The molecule has 0 radical (unpaired) electrons. The van der Waals surface area contributed by atoms with Crippen LogP contribution in [0.3, 0.4) is 0 Å². The minimum Gasteiger partial charge on any atom is -0.490 e. The number of fused-ring (bicyclic) bond motifs is 1. The van der Waals surface area contributed by atoms with E-state index in [-0.39, 0.29) is 5.91 Å². The first-order valence-electron chi connectivity index (χ1n) is 11.4. The summed E-state index contributed by atoms with van der Waals surface area (Å²) in [6, 6.07) is 19.6. The number of hydrogen-bond acceptors (Lipinski definition) is 6. The zero-order chi connectivity index (χ0) is 23.9. The van der Waals surface area contributed by atoms with Crippen LogP contribution in [-0.2, 0) is 6.54 Å². The molecule has 0 spiro atoms. The van der Waals surface area contributed by atoms with Gasteiger partial charge in [-0.15, -0.1) is 11.3 Å². The van der Waals surface area contributed by atoms with Crippen LogP contribution in [0.15, 0.2) is 60.7 Å².